The lowest BCUT2D eigenvalue weighted by molar-refractivity contribution is 0.951. The van der Waals surface area contributed by atoms with Crippen LogP contribution in [0.4, 0.5) is 5.69 Å². The first-order valence-corrected chi connectivity index (χ1v) is 8.25. The number of benzene rings is 2. The minimum absolute atomic E-state index is 0.569. The Hall–Kier alpha value is -2.92. The summed E-state index contributed by atoms with van der Waals surface area (Å²) in [5.41, 5.74) is 4.02. The van der Waals surface area contributed by atoms with Crippen LogP contribution in [0.25, 0.3) is 28.4 Å². The molecule has 124 valence electrons. The van der Waals surface area contributed by atoms with E-state index in [1.807, 2.05) is 56.6 Å². The minimum Gasteiger partial charge on any atom is -0.378 e. The highest BCUT2D eigenvalue weighted by Gasteiger charge is 2.11. The molecule has 0 aliphatic rings. The van der Waals surface area contributed by atoms with Gasteiger partial charge in [-0.1, -0.05) is 23.7 Å². The number of hydrogen-bond acceptors (Lipinski definition) is 4. The van der Waals surface area contributed by atoms with Crippen LogP contribution in [0.1, 0.15) is 0 Å². The summed E-state index contributed by atoms with van der Waals surface area (Å²) in [5.74, 6) is 1.22. The summed E-state index contributed by atoms with van der Waals surface area (Å²) in [4.78, 5) is 11.0. The van der Waals surface area contributed by atoms with E-state index < -0.39 is 0 Å². The van der Waals surface area contributed by atoms with E-state index in [0.717, 1.165) is 22.5 Å². The molecule has 0 amide bonds. The van der Waals surface area contributed by atoms with Gasteiger partial charge in [-0.25, -0.2) is 4.98 Å². The van der Waals surface area contributed by atoms with E-state index in [1.165, 1.54) is 0 Å². The van der Waals surface area contributed by atoms with Crippen LogP contribution in [0.5, 0.6) is 0 Å². The van der Waals surface area contributed by atoms with Gasteiger partial charge in [0.2, 0.25) is 0 Å². The van der Waals surface area contributed by atoms with Gasteiger partial charge in [0.25, 0.3) is 5.78 Å². The maximum atomic E-state index is 5.99. The Bertz CT molecular complexity index is 1020. The van der Waals surface area contributed by atoms with Crippen LogP contribution in [0.2, 0.25) is 5.02 Å². The molecule has 0 saturated carbocycles. The van der Waals surface area contributed by atoms with Crippen LogP contribution in [0, 0.1) is 0 Å². The second kappa shape index (κ2) is 6.18. The number of hydrogen-bond donors (Lipinski definition) is 0. The molecular weight excluding hydrogens is 334 g/mol. The van der Waals surface area contributed by atoms with Crippen molar-refractivity contribution in [2.24, 2.45) is 0 Å². The standard InChI is InChI=1S/C19H16ClN5/c1-24(2)16-9-5-14(6-10-16)18-22-19-21-12-11-17(25(19)23-18)13-3-7-15(20)8-4-13/h3-12H,1-2H3. The Kier molecular flexibility index (Phi) is 3.86. The van der Waals surface area contributed by atoms with Crippen molar-refractivity contribution >= 4 is 23.1 Å². The SMILES string of the molecule is CN(C)c1ccc(-c2nc3nccc(-c4ccc(Cl)cc4)n3n2)cc1. The van der Waals surface area contributed by atoms with Gasteiger partial charge in [-0.05, 0) is 42.5 Å². The highest BCUT2D eigenvalue weighted by molar-refractivity contribution is 6.30. The van der Waals surface area contributed by atoms with Gasteiger partial charge in [0.15, 0.2) is 5.82 Å². The fourth-order valence-corrected chi connectivity index (χ4v) is 2.79. The average Bonchev–Trinajstić information content (AvgIpc) is 3.07. The fourth-order valence-electron chi connectivity index (χ4n) is 2.66. The van der Waals surface area contributed by atoms with E-state index in [-0.39, 0.29) is 0 Å². The molecule has 2 heterocycles. The molecule has 4 rings (SSSR count). The van der Waals surface area contributed by atoms with E-state index in [4.69, 9.17) is 11.6 Å². The number of halogens is 1. The van der Waals surface area contributed by atoms with Gasteiger partial charge < -0.3 is 4.90 Å². The van der Waals surface area contributed by atoms with Crippen molar-refractivity contribution < 1.29 is 0 Å². The molecule has 25 heavy (non-hydrogen) atoms. The number of fused-ring (bicyclic) bond motifs is 1. The molecule has 0 aliphatic heterocycles. The highest BCUT2D eigenvalue weighted by atomic mass is 35.5. The predicted octanol–water partition coefficient (Wildman–Crippen LogP) is 4.18. The Morgan fingerprint density at radius 3 is 2.24 bits per heavy atom. The smallest absolute Gasteiger partial charge is 0.253 e. The molecule has 0 fully saturated rings. The molecule has 0 bridgehead atoms. The van der Waals surface area contributed by atoms with Gasteiger partial charge >= 0.3 is 0 Å². The van der Waals surface area contributed by atoms with Crippen molar-refractivity contribution in [3.63, 3.8) is 0 Å². The molecule has 4 aromatic rings. The Morgan fingerprint density at radius 2 is 1.56 bits per heavy atom. The van der Waals surface area contributed by atoms with Crippen LogP contribution < -0.4 is 4.90 Å². The topological polar surface area (TPSA) is 46.3 Å². The monoisotopic (exact) mass is 349 g/mol. The van der Waals surface area contributed by atoms with Gasteiger partial charge in [-0.3, -0.25) is 0 Å². The lowest BCUT2D eigenvalue weighted by Gasteiger charge is -2.11. The Balaban J connectivity index is 1.80. The normalized spacial score (nSPS) is 11.0. The van der Waals surface area contributed by atoms with Crippen molar-refractivity contribution in [1.29, 1.82) is 0 Å². The van der Waals surface area contributed by atoms with Crippen LogP contribution in [0.15, 0.2) is 60.8 Å². The van der Waals surface area contributed by atoms with Crippen molar-refractivity contribution in [3.05, 3.63) is 65.8 Å². The Labute approximate surface area is 150 Å². The van der Waals surface area contributed by atoms with E-state index >= 15 is 0 Å². The van der Waals surface area contributed by atoms with Gasteiger partial charge in [0.05, 0.1) is 5.69 Å². The summed E-state index contributed by atoms with van der Waals surface area (Å²) in [6.07, 6.45) is 1.74. The predicted molar refractivity (Wildman–Crippen MR) is 101 cm³/mol. The molecule has 0 aliphatic carbocycles. The lowest BCUT2D eigenvalue weighted by atomic mass is 10.1. The maximum Gasteiger partial charge on any atom is 0.253 e. The first kappa shape index (κ1) is 15.6. The largest absolute Gasteiger partial charge is 0.378 e. The van der Waals surface area contributed by atoms with Crippen molar-refractivity contribution in [3.8, 4) is 22.6 Å². The molecule has 2 aromatic heterocycles. The summed E-state index contributed by atoms with van der Waals surface area (Å²) < 4.78 is 1.76. The van der Waals surface area contributed by atoms with Crippen molar-refractivity contribution in [2.45, 2.75) is 0 Å². The van der Waals surface area contributed by atoms with Crippen molar-refractivity contribution in [1.82, 2.24) is 19.6 Å². The summed E-state index contributed by atoms with van der Waals surface area (Å²) in [7, 11) is 4.03. The number of nitrogens with zero attached hydrogens (tertiary/aromatic N) is 5. The van der Waals surface area contributed by atoms with Gasteiger partial charge in [-0.2, -0.15) is 9.50 Å². The molecule has 0 spiro atoms. The van der Waals surface area contributed by atoms with E-state index in [0.29, 0.717) is 16.6 Å². The molecule has 0 saturated heterocycles. The zero-order chi connectivity index (χ0) is 17.4. The van der Waals surface area contributed by atoms with Gasteiger partial charge in [-0.15, -0.1) is 5.10 Å². The summed E-state index contributed by atoms with van der Waals surface area (Å²) in [6.45, 7) is 0. The molecule has 6 heteroatoms. The first-order valence-electron chi connectivity index (χ1n) is 7.87. The quantitative estimate of drug-likeness (QED) is 0.556. The third kappa shape index (κ3) is 2.94. The number of anilines is 1. The molecule has 2 aromatic carbocycles. The van der Waals surface area contributed by atoms with Crippen LogP contribution in [-0.2, 0) is 0 Å². The third-order valence-corrected chi connectivity index (χ3v) is 4.27. The molecule has 5 nitrogen and oxygen atoms in total. The molecule has 0 atom stereocenters. The summed E-state index contributed by atoms with van der Waals surface area (Å²) >= 11 is 5.99. The molecule has 0 radical (unpaired) electrons. The zero-order valence-electron chi connectivity index (χ0n) is 13.9. The number of rotatable bonds is 3. The maximum absolute atomic E-state index is 5.99. The molecule has 0 unspecified atom stereocenters. The van der Waals surface area contributed by atoms with Crippen LogP contribution in [-0.4, -0.2) is 33.7 Å². The summed E-state index contributed by atoms with van der Waals surface area (Å²) in [6, 6.07) is 17.7. The number of aromatic nitrogens is 4. The van der Waals surface area contributed by atoms with Gasteiger partial charge in [0, 0.05) is 42.1 Å². The Morgan fingerprint density at radius 1 is 0.880 bits per heavy atom. The second-order valence-electron chi connectivity index (χ2n) is 5.93. The van der Waals surface area contributed by atoms with Crippen LogP contribution >= 0.6 is 11.6 Å². The van der Waals surface area contributed by atoms with Crippen LogP contribution in [0.3, 0.4) is 0 Å². The zero-order valence-corrected chi connectivity index (χ0v) is 14.6. The molecular formula is C19H16ClN5. The lowest BCUT2D eigenvalue weighted by Crippen LogP contribution is -2.07. The first-order chi connectivity index (χ1) is 12.1. The third-order valence-electron chi connectivity index (χ3n) is 4.02. The van der Waals surface area contributed by atoms with E-state index in [1.54, 1.807) is 10.7 Å². The average molecular weight is 350 g/mol. The minimum atomic E-state index is 0.569. The van der Waals surface area contributed by atoms with Crippen molar-refractivity contribution in [2.75, 3.05) is 19.0 Å². The van der Waals surface area contributed by atoms with Gasteiger partial charge in [0.1, 0.15) is 0 Å². The van der Waals surface area contributed by atoms with E-state index in [9.17, 15) is 0 Å². The highest BCUT2D eigenvalue weighted by Crippen LogP contribution is 2.24. The second-order valence-corrected chi connectivity index (χ2v) is 6.36. The van der Waals surface area contributed by atoms with E-state index in [2.05, 4.69) is 32.1 Å². The fraction of sp³-hybridized carbons (Fsp3) is 0.105. The molecule has 0 N–H and O–H groups in total. The summed E-state index contributed by atoms with van der Waals surface area (Å²) in [5, 5.41) is 5.36.